The van der Waals surface area contributed by atoms with Crippen LogP contribution in [0.4, 0.5) is 0 Å². The van der Waals surface area contributed by atoms with E-state index in [1.165, 1.54) is 7.11 Å². The van der Waals surface area contributed by atoms with Crippen LogP contribution in [0.2, 0.25) is 0 Å². The molecule has 3 aromatic rings. The summed E-state index contributed by atoms with van der Waals surface area (Å²) >= 11 is 0. The highest BCUT2D eigenvalue weighted by Crippen LogP contribution is 2.31. The number of hydrogen-bond donors (Lipinski definition) is 1. The van der Waals surface area contributed by atoms with E-state index >= 15 is 0 Å². The zero-order chi connectivity index (χ0) is 25.6. The van der Waals surface area contributed by atoms with E-state index in [2.05, 4.69) is 17.2 Å². The van der Waals surface area contributed by atoms with E-state index in [1.807, 2.05) is 30.3 Å². The third kappa shape index (κ3) is 7.73. The first kappa shape index (κ1) is 26.0. The Balaban J connectivity index is 1.55. The number of nitrogens with one attached hydrogen (secondary N) is 1. The van der Waals surface area contributed by atoms with Gasteiger partial charge in [-0.05, 0) is 42.0 Å². The lowest BCUT2D eigenvalue weighted by Crippen LogP contribution is -2.34. The van der Waals surface area contributed by atoms with Gasteiger partial charge in [0.1, 0.15) is 37.1 Å². The normalized spacial score (nSPS) is 10.9. The molecule has 0 aliphatic heterocycles. The summed E-state index contributed by atoms with van der Waals surface area (Å²) in [6.07, 6.45) is 9.69. The molecule has 36 heavy (non-hydrogen) atoms. The quantitative estimate of drug-likeness (QED) is 0.286. The molecule has 7 nitrogen and oxygen atoms in total. The Morgan fingerprint density at radius 3 is 2.25 bits per heavy atom. The van der Waals surface area contributed by atoms with Gasteiger partial charge in [0.05, 0.1) is 13.7 Å². The van der Waals surface area contributed by atoms with Gasteiger partial charge < -0.3 is 29.0 Å². The predicted molar refractivity (Wildman–Crippen MR) is 136 cm³/mol. The van der Waals surface area contributed by atoms with E-state index in [9.17, 15) is 4.79 Å². The van der Waals surface area contributed by atoms with Crippen molar-refractivity contribution < 1.29 is 28.5 Å². The molecule has 184 valence electrons. The molecular weight excluding hydrogens is 458 g/mol. The summed E-state index contributed by atoms with van der Waals surface area (Å²) in [6.45, 7) is 0.603. The Kier molecular flexibility index (Phi) is 10.1. The van der Waals surface area contributed by atoms with Crippen LogP contribution in [-0.4, -0.2) is 39.4 Å². The average molecular weight is 486 g/mol. The first-order chi connectivity index (χ1) is 17.6. The molecule has 0 radical (unpaired) electrons. The van der Waals surface area contributed by atoms with Crippen LogP contribution in [-0.2, 0) is 9.53 Å². The number of methoxy groups -OCH3 is 1. The molecule has 0 aliphatic carbocycles. The van der Waals surface area contributed by atoms with Crippen molar-refractivity contribution in [1.82, 2.24) is 5.32 Å². The van der Waals surface area contributed by atoms with Crippen LogP contribution in [0.15, 0.2) is 72.8 Å². The van der Waals surface area contributed by atoms with E-state index in [0.29, 0.717) is 28.6 Å². The van der Waals surface area contributed by atoms with Crippen molar-refractivity contribution in [2.45, 2.75) is 6.10 Å². The number of terminal acetylenes is 2. The number of benzene rings is 3. The second-order valence-corrected chi connectivity index (χ2v) is 7.32. The monoisotopic (exact) mass is 485 g/mol. The molecule has 3 aromatic carbocycles. The molecule has 3 rings (SSSR count). The van der Waals surface area contributed by atoms with Crippen molar-refractivity contribution >= 4 is 5.91 Å². The summed E-state index contributed by atoms with van der Waals surface area (Å²) in [5, 5.41) is 2.82. The summed E-state index contributed by atoms with van der Waals surface area (Å²) in [6, 6.07) is 21.6. The van der Waals surface area contributed by atoms with Crippen LogP contribution in [0.5, 0.6) is 28.7 Å². The second-order valence-electron chi connectivity index (χ2n) is 7.32. The first-order valence-electron chi connectivity index (χ1n) is 11.2. The van der Waals surface area contributed by atoms with Gasteiger partial charge in [0.25, 0.3) is 5.91 Å². The van der Waals surface area contributed by atoms with E-state index in [1.54, 1.807) is 42.5 Å². The van der Waals surface area contributed by atoms with Crippen LogP contribution in [0, 0.1) is 24.7 Å². The fraction of sp³-hybridized carbons (Fsp3) is 0.207. The highest BCUT2D eigenvalue weighted by Gasteiger charge is 2.21. The molecule has 1 amide bonds. The summed E-state index contributed by atoms with van der Waals surface area (Å²) in [4.78, 5) is 12.8. The van der Waals surface area contributed by atoms with Crippen molar-refractivity contribution in [1.29, 1.82) is 0 Å². The Bertz CT molecular complexity index is 1200. The van der Waals surface area contributed by atoms with Crippen LogP contribution in [0.25, 0.3) is 0 Å². The number of carbonyl (C=O) groups is 1. The average Bonchev–Trinajstić information content (AvgIpc) is 2.91. The van der Waals surface area contributed by atoms with Crippen LogP contribution < -0.4 is 24.3 Å². The highest BCUT2D eigenvalue weighted by atomic mass is 16.5. The smallest absolute Gasteiger partial charge is 0.253 e. The van der Waals surface area contributed by atoms with Gasteiger partial charge in [-0.25, -0.2) is 0 Å². The minimum absolute atomic E-state index is 0.00918. The van der Waals surface area contributed by atoms with Gasteiger partial charge in [-0.1, -0.05) is 42.2 Å². The van der Waals surface area contributed by atoms with E-state index in [-0.39, 0.29) is 32.3 Å². The molecule has 1 atom stereocenters. The van der Waals surface area contributed by atoms with Gasteiger partial charge in [-0.15, -0.1) is 12.8 Å². The molecule has 0 bridgehead atoms. The highest BCUT2D eigenvalue weighted by molar-refractivity contribution is 5.82. The molecule has 0 spiro atoms. The fourth-order valence-corrected chi connectivity index (χ4v) is 3.20. The molecule has 1 N–H and O–H groups in total. The van der Waals surface area contributed by atoms with Crippen LogP contribution in [0.1, 0.15) is 11.7 Å². The molecule has 0 aliphatic rings. The van der Waals surface area contributed by atoms with Crippen LogP contribution >= 0.6 is 0 Å². The Hall–Kier alpha value is -4.59. The Morgan fingerprint density at radius 2 is 1.56 bits per heavy atom. The third-order valence-corrected chi connectivity index (χ3v) is 4.85. The van der Waals surface area contributed by atoms with E-state index in [4.69, 9.17) is 36.5 Å². The number of carbonyl (C=O) groups excluding carboxylic acids is 1. The molecule has 0 saturated heterocycles. The standard InChI is InChI=1S/C29H27NO6/c1-4-18-34-26-16-15-25(21-27(26)32-3)33-20-17-30-29(31)28(35-19-5-2)22-11-13-24(14-12-22)36-23-9-7-6-8-10-23/h1-2,6-16,21,28H,17-20H2,3H3,(H,30,31). The maximum Gasteiger partial charge on any atom is 0.253 e. The Morgan fingerprint density at radius 1 is 0.861 bits per heavy atom. The molecule has 0 aromatic heterocycles. The maximum absolute atomic E-state index is 12.8. The van der Waals surface area contributed by atoms with Crippen molar-refractivity contribution in [3.63, 3.8) is 0 Å². The molecule has 0 heterocycles. The van der Waals surface area contributed by atoms with Crippen molar-refractivity contribution in [2.24, 2.45) is 0 Å². The molecule has 1 unspecified atom stereocenters. The number of rotatable bonds is 13. The largest absolute Gasteiger partial charge is 0.493 e. The lowest BCUT2D eigenvalue weighted by molar-refractivity contribution is -0.132. The first-order valence-corrected chi connectivity index (χ1v) is 11.2. The lowest BCUT2D eigenvalue weighted by atomic mass is 10.1. The summed E-state index contributed by atoms with van der Waals surface area (Å²) in [7, 11) is 1.53. The SMILES string of the molecule is C#CCOc1ccc(OCCNC(=O)C(OCC#C)c2ccc(Oc3ccccc3)cc2)cc1OC. The van der Waals surface area contributed by atoms with Gasteiger partial charge in [0.15, 0.2) is 17.6 Å². The molecular formula is C29H27NO6. The maximum atomic E-state index is 12.8. The van der Waals surface area contributed by atoms with Gasteiger partial charge in [-0.3, -0.25) is 4.79 Å². The topological polar surface area (TPSA) is 75.3 Å². The summed E-state index contributed by atoms with van der Waals surface area (Å²) in [5.41, 5.74) is 0.649. The van der Waals surface area contributed by atoms with Crippen LogP contribution in [0.3, 0.4) is 0 Å². The lowest BCUT2D eigenvalue weighted by Gasteiger charge is -2.18. The van der Waals surface area contributed by atoms with E-state index < -0.39 is 6.10 Å². The zero-order valence-corrected chi connectivity index (χ0v) is 19.9. The second kappa shape index (κ2) is 14.0. The summed E-state index contributed by atoms with van der Waals surface area (Å²) in [5.74, 6) is 7.40. The van der Waals surface area contributed by atoms with Gasteiger partial charge in [-0.2, -0.15) is 0 Å². The third-order valence-electron chi connectivity index (χ3n) is 4.85. The van der Waals surface area contributed by atoms with Crippen molar-refractivity contribution in [2.75, 3.05) is 33.5 Å². The minimum atomic E-state index is -0.875. The van der Waals surface area contributed by atoms with Crippen molar-refractivity contribution in [3.8, 4) is 53.4 Å². The van der Waals surface area contributed by atoms with E-state index in [0.717, 1.165) is 5.75 Å². The Labute approximate surface area is 211 Å². The van der Waals surface area contributed by atoms with Gasteiger partial charge in [0.2, 0.25) is 0 Å². The number of hydrogen-bond acceptors (Lipinski definition) is 6. The zero-order valence-electron chi connectivity index (χ0n) is 19.9. The summed E-state index contributed by atoms with van der Waals surface area (Å²) < 4.78 is 27.9. The minimum Gasteiger partial charge on any atom is -0.493 e. The van der Waals surface area contributed by atoms with Crippen molar-refractivity contribution in [3.05, 3.63) is 78.4 Å². The molecule has 7 heteroatoms. The molecule has 0 fully saturated rings. The predicted octanol–water partition coefficient (Wildman–Crippen LogP) is 4.39. The molecule has 0 saturated carbocycles. The van der Waals surface area contributed by atoms with Gasteiger partial charge >= 0.3 is 0 Å². The number of ether oxygens (including phenoxy) is 5. The fourth-order valence-electron chi connectivity index (χ4n) is 3.20. The number of para-hydroxylation sites is 1. The van der Waals surface area contributed by atoms with Gasteiger partial charge in [0, 0.05) is 6.07 Å². The number of amides is 1.